The number of ketones is 1. The summed E-state index contributed by atoms with van der Waals surface area (Å²) in [5.74, 6) is 1.97. The highest BCUT2D eigenvalue weighted by atomic mass is 16.5. The normalized spacial score (nSPS) is 50.6. The molecule has 25 heavy (non-hydrogen) atoms. The molecule has 3 nitrogen and oxygen atoms in total. The third-order valence-corrected chi connectivity index (χ3v) is 9.00. The lowest BCUT2D eigenvalue weighted by Gasteiger charge is -2.58. The number of allylic oxidation sites excluding steroid dienone is 1. The van der Waals surface area contributed by atoms with Crippen LogP contribution in [0, 0.1) is 28.6 Å². The highest BCUT2D eigenvalue weighted by molar-refractivity contribution is 5.84. The fourth-order valence-corrected chi connectivity index (χ4v) is 7.96. The lowest BCUT2D eigenvalue weighted by atomic mass is 9.45. The van der Waals surface area contributed by atoms with Crippen LogP contribution in [0.4, 0.5) is 0 Å². The minimum Gasteiger partial charge on any atom is -0.377 e. The van der Waals surface area contributed by atoms with E-state index in [1.165, 1.54) is 50.5 Å². The average molecular weight is 344 g/mol. The molecule has 0 radical (unpaired) electrons. The molecule has 1 aliphatic heterocycles. The van der Waals surface area contributed by atoms with Gasteiger partial charge in [-0.15, -0.1) is 0 Å². The molecule has 6 atom stereocenters. The molecule has 4 aliphatic carbocycles. The van der Waals surface area contributed by atoms with Crippen LogP contribution in [0.25, 0.3) is 0 Å². The van der Waals surface area contributed by atoms with Gasteiger partial charge >= 0.3 is 0 Å². The van der Waals surface area contributed by atoms with Crippen molar-refractivity contribution in [3.8, 4) is 0 Å². The zero-order valence-corrected chi connectivity index (χ0v) is 15.8. The molecule has 1 heterocycles. The number of ether oxygens (including phenoxy) is 2. The van der Waals surface area contributed by atoms with Gasteiger partial charge in [-0.05, 0) is 62.4 Å². The van der Waals surface area contributed by atoms with Crippen molar-refractivity contribution in [1.82, 2.24) is 0 Å². The van der Waals surface area contributed by atoms with Crippen molar-refractivity contribution in [2.75, 3.05) is 20.3 Å². The van der Waals surface area contributed by atoms with Gasteiger partial charge in [0.2, 0.25) is 0 Å². The summed E-state index contributed by atoms with van der Waals surface area (Å²) in [5, 5.41) is 0. The van der Waals surface area contributed by atoms with Gasteiger partial charge in [-0.25, -0.2) is 0 Å². The van der Waals surface area contributed by atoms with Gasteiger partial charge in [-0.3, -0.25) is 4.79 Å². The third kappa shape index (κ3) is 1.92. The maximum atomic E-state index is 12.7. The number of carbonyl (C=O) groups is 1. The van der Waals surface area contributed by atoms with E-state index >= 15 is 0 Å². The van der Waals surface area contributed by atoms with Crippen LogP contribution in [0.15, 0.2) is 11.6 Å². The Labute approximate surface area is 151 Å². The quantitative estimate of drug-likeness (QED) is 0.716. The largest absolute Gasteiger partial charge is 0.377 e. The smallest absolute Gasteiger partial charge is 0.162 e. The van der Waals surface area contributed by atoms with Crippen LogP contribution < -0.4 is 0 Å². The van der Waals surface area contributed by atoms with E-state index in [4.69, 9.17) is 9.47 Å². The molecular formula is C22H32O3. The van der Waals surface area contributed by atoms with E-state index < -0.39 is 0 Å². The zero-order chi connectivity index (χ0) is 17.3. The molecular weight excluding hydrogens is 312 g/mol. The summed E-state index contributed by atoms with van der Waals surface area (Å²) >= 11 is 0. The fraction of sp³-hybridized carbons (Fsp3) is 0.864. The first-order valence-corrected chi connectivity index (χ1v) is 10.4. The minimum atomic E-state index is -0.0387. The Morgan fingerprint density at radius 1 is 1.24 bits per heavy atom. The predicted molar refractivity (Wildman–Crippen MR) is 96.2 cm³/mol. The van der Waals surface area contributed by atoms with Crippen molar-refractivity contribution in [1.29, 1.82) is 0 Å². The van der Waals surface area contributed by atoms with Gasteiger partial charge in [0.05, 0.1) is 12.2 Å². The van der Waals surface area contributed by atoms with Crippen LogP contribution >= 0.6 is 0 Å². The number of hydrogen-bond acceptors (Lipinski definition) is 3. The summed E-state index contributed by atoms with van der Waals surface area (Å²) in [7, 11) is 1.63. The first-order valence-electron chi connectivity index (χ1n) is 10.4. The molecule has 2 bridgehead atoms. The lowest BCUT2D eigenvalue weighted by molar-refractivity contribution is -0.132. The number of methoxy groups -OCH3 is 1. The monoisotopic (exact) mass is 344 g/mol. The van der Waals surface area contributed by atoms with Crippen LogP contribution in [0.2, 0.25) is 0 Å². The first-order chi connectivity index (χ1) is 12.1. The molecule has 1 saturated heterocycles. The molecule has 5 aliphatic rings. The molecule has 0 amide bonds. The Balaban J connectivity index is 1.51. The SMILES string of the molecule is COCC(=O)[C@H]1CC=C2[C@]1(C)CC[C@@H]1[C@@]34CCCC[C@@H]3CC[C@@]21OC4. The highest BCUT2D eigenvalue weighted by Gasteiger charge is 2.70. The van der Waals surface area contributed by atoms with E-state index in [9.17, 15) is 4.79 Å². The molecule has 0 aromatic rings. The summed E-state index contributed by atoms with van der Waals surface area (Å²) in [6.45, 7) is 3.58. The van der Waals surface area contributed by atoms with Crippen molar-refractivity contribution in [2.24, 2.45) is 28.6 Å². The van der Waals surface area contributed by atoms with Crippen molar-refractivity contribution < 1.29 is 14.3 Å². The van der Waals surface area contributed by atoms with E-state index in [0.717, 1.165) is 25.4 Å². The van der Waals surface area contributed by atoms with E-state index in [0.29, 0.717) is 11.3 Å². The second kappa shape index (κ2) is 5.42. The summed E-state index contributed by atoms with van der Waals surface area (Å²) in [5.41, 5.74) is 1.92. The molecule has 5 rings (SSSR count). The average Bonchev–Trinajstić information content (AvgIpc) is 3.06. The van der Waals surface area contributed by atoms with Gasteiger partial charge in [-0.1, -0.05) is 25.8 Å². The van der Waals surface area contributed by atoms with E-state index in [2.05, 4.69) is 13.0 Å². The van der Waals surface area contributed by atoms with Gasteiger partial charge in [-0.2, -0.15) is 0 Å². The van der Waals surface area contributed by atoms with Crippen LogP contribution in [0.5, 0.6) is 0 Å². The molecule has 3 saturated carbocycles. The molecule has 138 valence electrons. The molecule has 3 heteroatoms. The molecule has 4 fully saturated rings. The van der Waals surface area contributed by atoms with Gasteiger partial charge in [0.1, 0.15) is 6.61 Å². The van der Waals surface area contributed by atoms with Gasteiger partial charge in [0.25, 0.3) is 0 Å². The Morgan fingerprint density at radius 3 is 2.96 bits per heavy atom. The summed E-state index contributed by atoms with van der Waals surface area (Å²) in [6.07, 6.45) is 13.8. The van der Waals surface area contributed by atoms with E-state index in [-0.39, 0.29) is 29.3 Å². The first kappa shape index (κ1) is 16.5. The number of Topliss-reactive ketones (excluding diaryl/α,β-unsaturated/α-hetero) is 1. The zero-order valence-electron chi connectivity index (χ0n) is 15.8. The minimum absolute atomic E-state index is 0.000846. The maximum Gasteiger partial charge on any atom is 0.162 e. The highest BCUT2D eigenvalue weighted by Crippen LogP contribution is 2.71. The van der Waals surface area contributed by atoms with Crippen molar-refractivity contribution >= 4 is 5.78 Å². The third-order valence-electron chi connectivity index (χ3n) is 9.00. The molecule has 0 unspecified atom stereocenters. The Bertz CT molecular complexity index is 621. The standard InChI is InChI=1S/C22H32O3/c1-20-11-9-19-21-10-4-3-5-15(21)8-12-22(19,25-14-21)18(20)7-6-16(20)17(23)13-24-2/h7,15-16,19H,3-6,8-14H2,1-2H3/t15-,16-,19-,20-,21-,22-/m1/s1. The van der Waals surface area contributed by atoms with Crippen LogP contribution in [0.1, 0.15) is 64.7 Å². The van der Waals surface area contributed by atoms with Gasteiger partial charge < -0.3 is 9.47 Å². The molecule has 0 aromatic heterocycles. The second-order valence-electron chi connectivity index (χ2n) is 9.71. The van der Waals surface area contributed by atoms with E-state index in [1.54, 1.807) is 7.11 Å². The lowest BCUT2D eigenvalue weighted by Crippen LogP contribution is -2.57. The maximum absolute atomic E-state index is 12.7. The molecule has 0 aromatic carbocycles. The Kier molecular flexibility index (Phi) is 3.58. The van der Waals surface area contributed by atoms with E-state index in [1.807, 2.05) is 0 Å². The Morgan fingerprint density at radius 2 is 2.12 bits per heavy atom. The Hall–Kier alpha value is -0.670. The summed E-state index contributed by atoms with van der Waals surface area (Å²) in [4.78, 5) is 12.7. The van der Waals surface area contributed by atoms with Crippen molar-refractivity contribution in [3.05, 3.63) is 11.6 Å². The number of rotatable bonds is 3. The van der Waals surface area contributed by atoms with Gasteiger partial charge in [0.15, 0.2) is 5.78 Å². The van der Waals surface area contributed by atoms with Gasteiger partial charge in [0, 0.05) is 23.9 Å². The summed E-state index contributed by atoms with van der Waals surface area (Å²) < 4.78 is 12.0. The second-order valence-corrected chi connectivity index (χ2v) is 9.71. The summed E-state index contributed by atoms with van der Waals surface area (Å²) in [6, 6.07) is 0. The predicted octanol–water partition coefficient (Wildman–Crippen LogP) is 4.30. The fourth-order valence-electron chi connectivity index (χ4n) is 7.96. The van der Waals surface area contributed by atoms with Crippen molar-refractivity contribution in [3.63, 3.8) is 0 Å². The number of hydrogen-bond donors (Lipinski definition) is 0. The van der Waals surface area contributed by atoms with Crippen LogP contribution in [0.3, 0.4) is 0 Å². The number of carbonyl (C=O) groups excluding carboxylic acids is 1. The van der Waals surface area contributed by atoms with Crippen LogP contribution in [-0.2, 0) is 14.3 Å². The topological polar surface area (TPSA) is 35.5 Å². The number of fused-ring (bicyclic) bond motifs is 1. The van der Waals surface area contributed by atoms with Crippen molar-refractivity contribution in [2.45, 2.75) is 70.3 Å². The van der Waals surface area contributed by atoms with Crippen LogP contribution in [-0.4, -0.2) is 31.7 Å². The molecule has 1 spiro atoms. The molecule has 0 N–H and O–H groups in total.